The fourth-order valence-corrected chi connectivity index (χ4v) is 5.64. The Morgan fingerprint density at radius 3 is 2.40 bits per heavy atom. The second-order valence-electron chi connectivity index (χ2n) is 9.67. The molecular weight excluding hydrogens is 493 g/mol. The fourth-order valence-electron chi connectivity index (χ4n) is 5.30. The molecule has 0 amide bonds. The molecule has 184 valence electrons. The van der Waals surface area contributed by atoms with Crippen molar-refractivity contribution in [3.8, 4) is 0 Å². The Labute approximate surface area is 213 Å². The SMILES string of the molecule is CC(C)(C[C@@H]1N[C@@H](C(=O)O)[C@H](c2cccc(Cl)c2F)[C@@]1(N)c1ccc(Cl)cc1F)c1ccccc1. The number of carboxylic acid groups (broad SMARTS) is 1. The maximum absolute atomic E-state index is 15.4. The molecule has 1 heterocycles. The number of hydrogen-bond donors (Lipinski definition) is 3. The van der Waals surface area contributed by atoms with E-state index in [9.17, 15) is 9.90 Å². The number of carboxylic acids is 1. The number of nitrogens with one attached hydrogen (secondary N) is 1. The lowest BCUT2D eigenvalue weighted by Gasteiger charge is -2.40. The minimum Gasteiger partial charge on any atom is -0.480 e. The summed E-state index contributed by atoms with van der Waals surface area (Å²) in [6.07, 6.45) is 0.345. The average Bonchev–Trinajstić information content (AvgIpc) is 3.08. The third-order valence-electron chi connectivity index (χ3n) is 7.06. The van der Waals surface area contributed by atoms with Crippen LogP contribution in [0.1, 0.15) is 42.9 Å². The number of aliphatic carboxylic acids is 1. The summed E-state index contributed by atoms with van der Waals surface area (Å²) in [5, 5.41) is 13.3. The van der Waals surface area contributed by atoms with Gasteiger partial charge in [0.15, 0.2) is 0 Å². The Balaban J connectivity index is 1.93. The monoisotopic (exact) mass is 518 g/mol. The highest BCUT2D eigenvalue weighted by Crippen LogP contribution is 2.50. The first-order valence-corrected chi connectivity index (χ1v) is 11.9. The van der Waals surface area contributed by atoms with Crippen LogP contribution in [-0.4, -0.2) is 23.2 Å². The van der Waals surface area contributed by atoms with Crippen LogP contribution >= 0.6 is 23.2 Å². The second-order valence-corrected chi connectivity index (χ2v) is 10.5. The number of nitrogens with two attached hydrogens (primary N) is 1. The van der Waals surface area contributed by atoms with Gasteiger partial charge in [-0.15, -0.1) is 0 Å². The van der Waals surface area contributed by atoms with Crippen LogP contribution in [0.4, 0.5) is 8.78 Å². The van der Waals surface area contributed by atoms with Crippen LogP contribution in [0, 0.1) is 11.6 Å². The summed E-state index contributed by atoms with van der Waals surface area (Å²) in [7, 11) is 0. The zero-order valence-corrected chi connectivity index (χ0v) is 20.7. The molecule has 1 fully saturated rings. The van der Waals surface area contributed by atoms with E-state index in [1.165, 1.54) is 30.3 Å². The van der Waals surface area contributed by atoms with Gasteiger partial charge in [-0.1, -0.05) is 85.6 Å². The van der Waals surface area contributed by atoms with Crippen LogP contribution in [0.3, 0.4) is 0 Å². The van der Waals surface area contributed by atoms with E-state index in [2.05, 4.69) is 5.32 Å². The molecule has 1 aliphatic rings. The predicted octanol–water partition coefficient (Wildman–Crippen LogP) is 6.00. The molecule has 0 radical (unpaired) electrons. The van der Waals surface area contributed by atoms with Crippen molar-refractivity contribution in [3.05, 3.63) is 105 Å². The third kappa shape index (κ3) is 4.56. The molecule has 4 rings (SSSR count). The number of benzene rings is 3. The normalized spacial score (nSPS) is 24.5. The van der Waals surface area contributed by atoms with Crippen LogP contribution in [0.2, 0.25) is 10.0 Å². The number of carbonyl (C=O) groups is 1. The molecule has 35 heavy (non-hydrogen) atoms. The van der Waals surface area contributed by atoms with E-state index in [0.717, 1.165) is 11.6 Å². The summed E-state index contributed by atoms with van der Waals surface area (Å²) in [5.41, 5.74) is 6.01. The van der Waals surface area contributed by atoms with Gasteiger partial charge in [-0.2, -0.15) is 0 Å². The molecule has 0 bridgehead atoms. The standard InChI is InChI=1S/C27H26Cl2F2N2O2/c1-26(2,15-7-4-3-5-8-15)14-21-27(32,18-12-11-16(28)13-20(18)30)22(24(33-21)25(34)35)17-9-6-10-19(29)23(17)31/h3-13,21-22,24,33H,14,32H2,1-2H3,(H,34,35)/t21-,22-,24+,27+/m0/s1. The van der Waals surface area contributed by atoms with E-state index < -0.39 is 46.6 Å². The molecule has 4 atom stereocenters. The Morgan fingerprint density at radius 2 is 1.77 bits per heavy atom. The summed E-state index contributed by atoms with van der Waals surface area (Å²) >= 11 is 12.1. The first-order valence-electron chi connectivity index (χ1n) is 11.2. The molecule has 0 spiro atoms. The van der Waals surface area contributed by atoms with Crippen molar-refractivity contribution in [2.45, 2.75) is 49.2 Å². The predicted molar refractivity (Wildman–Crippen MR) is 134 cm³/mol. The molecule has 3 aromatic rings. The van der Waals surface area contributed by atoms with Crippen LogP contribution in [0.15, 0.2) is 66.7 Å². The van der Waals surface area contributed by atoms with Crippen LogP contribution in [-0.2, 0) is 15.7 Å². The summed E-state index contributed by atoms with van der Waals surface area (Å²) in [4.78, 5) is 12.4. The minimum atomic E-state index is -1.64. The van der Waals surface area contributed by atoms with Gasteiger partial charge in [0.05, 0.1) is 10.6 Å². The van der Waals surface area contributed by atoms with E-state index >= 15 is 8.78 Å². The van der Waals surface area contributed by atoms with E-state index in [0.29, 0.717) is 6.42 Å². The molecular formula is C27H26Cl2F2N2O2. The molecule has 0 unspecified atom stereocenters. The first kappa shape index (κ1) is 25.6. The Bertz CT molecular complexity index is 1260. The van der Waals surface area contributed by atoms with Gasteiger partial charge in [-0.05, 0) is 41.2 Å². The lowest BCUT2D eigenvalue weighted by molar-refractivity contribution is -0.139. The molecule has 0 aromatic heterocycles. The summed E-state index contributed by atoms with van der Waals surface area (Å²) in [5.74, 6) is -3.85. The maximum Gasteiger partial charge on any atom is 0.321 e. The smallest absolute Gasteiger partial charge is 0.321 e. The van der Waals surface area contributed by atoms with Crippen LogP contribution < -0.4 is 11.1 Å². The summed E-state index contributed by atoms with van der Waals surface area (Å²) < 4.78 is 30.7. The highest BCUT2D eigenvalue weighted by atomic mass is 35.5. The van der Waals surface area contributed by atoms with Gasteiger partial charge in [-0.3, -0.25) is 10.1 Å². The lowest BCUT2D eigenvalue weighted by Crippen LogP contribution is -2.53. The summed E-state index contributed by atoms with van der Waals surface area (Å²) in [6, 6.07) is 16.1. The van der Waals surface area contributed by atoms with Crippen molar-refractivity contribution in [2.75, 3.05) is 0 Å². The number of rotatable bonds is 6. The van der Waals surface area contributed by atoms with E-state index in [1.54, 1.807) is 0 Å². The zero-order chi connectivity index (χ0) is 25.5. The molecule has 4 N–H and O–H groups in total. The van der Waals surface area contributed by atoms with Gasteiger partial charge in [-0.25, -0.2) is 8.78 Å². The largest absolute Gasteiger partial charge is 0.480 e. The zero-order valence-electron chi connectivity index (χ0n) is 19.2. The topological polar surface area (TPSA) is 75.3 Å². The molecule has 1 saturated heterocycles. The Hall–Kier alpha value is -2.51. The van der Waals surface area contributed by atoms with Crippen molar-refractivity contribution < 1.29 is 18.7 Å². The molecule has 1 aliphatic heterocycles. The van der Waals surface area contributed by atoms with Gasteiger partial charge >= 0.3 is 5.97 Å². The molecule has 0 saturated carbocycles. The average molecular weight is 519 g/mol. The van der Waals surface area contributed by atoms with E-state index in [-0.39, 0.29) is 21.2 Å². The van der Waals surface area contributed by atoms with Gasteiger partial charge < -0.3 is 10.8 Å². The van der Waals surface area contributed by atoms with Crippen molar-refractivity contribution in [1.29, 1.82) is 0 Å². The van der Waals surface area contributed by atoms with Crippen molar-refractivity contribution in [2.24, 2.45) is 5.73 Å². The van der Waals surface area contributed by atoms with Gasteiger partial charge in [0.2, 0.25) is 0 Å². The minimum absolute atomic E-state index is 0.00858. The molecule has 4 nitrogen and oxygen atoms in total. The van der Waals surface area contributed by atoms with E-state index in [4.69, 9.17) is 28.9 Å². The summed E-state index contributed by atoms with van der Waals surface area (Å²) in [6.45, 7) is 4.01. The maximum atomic E-state index is 15.4. The van der Waals surface area contributed by atoms with Crippen LogP contribution in [0.25, 0.3) is 0 Å². The highest BCUT2D eigenvalue weighted by molar-refractivity contribution is 6.31. The highest BCUT2D eigenvalue weighted by Gasteiger charge is 2.59. The van der Waals surface area contributed by atoms with E-state index in [1.807, 2.05) is 44.2 Å². The quantitative estimate of drug-likeness (QED) is 0.373. The van der Waals surface area contributed by atoms with Crippen molar-refractivity contribution >= 4 is 29.2 Å². The number of halogens is 4. The molecule has 0 aliphatic carbocycles. The first-order chi connectivity index (χ1) is 16.5. The third-order valence-corrected chi connectivity index (χ3v) is 7.58. The van der Waals surface area contributed by atoms with Gasteiger partial charge in [0.1, 0.15) is 17.7 Å². The Morgan fingerprint density at radius 1 is 1.09 bits per heavy atom. The fraction of sp³-hybridized carbons (Fsp3) is 0.296. The molecule has 3 aromatic carbocycles. The van der Waals surface area contributed by atoms with Gasteiger partial charge in [0.25, 0.3) is 0 Å². The second kappa shape index (κ2) is 9.51. The Kier molecular flexibility index (Phi) is 6.95. The van der Waals surface area contributed by atoms with Crippen LogP contribution in [0.5, 0.6) is 0 Å². The molecule has 8 heteroatoms. The lowest BCUT2D eigenvalue weighted by atomic mass is 9.67. The van der Waals surface area contributed by atoms with Crippen molar-refractivity contribution in [3.63, 3.8) is 0 Å². The number of hydrogen-bond acceptors (Lipinski definition) is 3. The van der Waals surface area contributed by atoms with Gasteiger partial charge in [0, 0.05) is 22.5 Å². The van der Waals surface area contributed by atoms with Crippen molar-refractivity contribution in [1.82, 2.24) is 5.32 Å².